The first-order chi connectivity index (χ1) is 9.51. The SMILES string of the molecule is NNC(COCC(F)(F)F)c1cccc2ncccc12. The van der Waals surface area contributed by atoms with Crippen LogP contribution in [0.4, 0.5) is 13.2 Å². The summed E-state index contributed by atoms with van der Waals surface area (Å²) in [6, 6.07) is 8.44. The Kier molecular flexibility index (Phi) is 4.53. The Hall–Kier alpha value is -1.70. The van der Waals surface area contributed by atoms with Crippen LogP contribution in [0.1, 0.15) is 11.6 Å². The molecule has 1 aromatic carbocycles. The minimum atomic E-state index is -4.35. The topological polar surface area (TPSA) is 60.2 Å². The van der Waals surface area contributed by atoms with Gasteiger partial charge < -0.3 is 4.74 Å². The highest BCUT2D eigenvalue weighted by Crippen LogP contribution is 2.23. The van der Waals surface area contributed by atoms with Crippen molar-refractivity contribution in [3.8, 4) is 0 Å². The Labute approximate surface area is 113 Å². The van der Waals surface area contributed by atoms with Gasteiger partial charge in [-0.1, -0.05) is 18.2 Å². The molecule has 0 spiro atoms. The fraction of sp³-hybridized carbons (Fsp3) is 0.308. The number of benzene rings is 1. The number of hydrogen-bond acceptors (Lipinski definition) is 4. The summed E-state index contributed by atoms with van der Waals surface area (Å²) in [6.07, 6.45) is -2.70. The van der Waals surface area contributed by atoms with Gasteiger partial charge in [0.2, 0.25) is 0 Å². The number of alkyl halides is 3. The highest BCUT2D eigenvalue weighted by atomic mass is 19.4. The fourth-order valence-corrected chi connectivity index (χ4v) is 1.95. The molecule has 1 aromatic heterocycles. The Morgan fingerprint density at radius 2 is 2.05 bits per heavy atom. The molecule has 0 fully saturated rings. The number of aromatic nitrogens is 1. The zero-order chi connectivity index (χ0) is 14.6. The minimum absolute atomic E-state index is 0.177. The van der Waals surface area contributed by atoms with Crippen molar-refractivity contribution in [2.75, 3.05) is 13.2 Å². The molecule has 1 unspecified atom stereocenters. The van der Waals surface area contributed by atoms with Crippen LogP contribution in [0.15, 0.2) is 36.5 Å². The molecule has 20 heavy (non-hydrogen) atoms. The summed E-state index contributed by atoms with van der Waals surface area (Å²) < 4.78 is 40.9. The van der Waals surface area contributed by atoms with Gasteiger partial charge in [-0.2, -0.15) is 13.2 Å². The maximum atomic E-state index is 12.1. The van der Waals surface area contributed by atoms with Crippen molar-refractivity contribution >= 4 is 10.9 Å². The quantitative estimate of drug-likeness (QED) is 0.654. The van der Waals surface area contributed by atoms with E-state index in [9.17, 15) is 13.2 Å². The van der Waals surface area contributed by atoms with Crippen LogP contribution in [0, 0.1) is 0 Å². The van der Waals surface area contributed by atoms with Crippen LogP contribution in [0.3, 0.4) is 0 Å². The number of hydrazine groups is 1. The molecule has 0 bridgehead atoms. The van der Waals surface area contributed by atoms with Crippen LogP contribution in [-0.4, -0.2) is 24.4 Å². The molecule has 0 saturated heterocycles. The average molecular weight is 285 g/mol. The number of pyridine rings is 1. The van der Waals surface area contributed by atoms with Gasteiger partial charge in [0, 0.05) is 11.6 Å². The summed E-state index contributed by atoms with van der Waals surface area (Å²) in [4.78, 5) is 4.19. The number of ether oxygens (including phenoxy) is 1. The highest BCUT2D eigenvalue weighted by molar-refractivity contribution is 5.82. The number of hydrogen-bond donors (Lipinski definition) is 2. The number of nitrogens with one attached hydrogen (secondary N) is 1. The molecule has 0 aliphatic rings. The second-order valence-corrected chi connectivity index (χ2v) is 4.27. The van der Waals surface area contributed by atoms with Crippen molar-refractivity contribution in [3.63, 3.8) is 0 Å². The van der Waals surface area contributed by atoms with Gasteiger partial charge in [0.05, 0.1) is 18.2 Å². The predicted molar refractivity (Wildman–Crippen MR) is 68.7 cm³/mol. The van der Waals surface area contributed by atoms with E-state index < -0.39 is 18.8 Å². The van der Waals surface area contributed by atoms with Crippen molar-refractivity contribution in [2.45, 2.75) is 12.2 Å². The molecule has 1 heterocycles. The van der Waals surface area contributed by atoms with Gasteiger partial charge in [-0.3, -0.25) is 16.3 Å². The number of rotatable bonds is 5. The molecule has 108 valence electrons. The number of nitrogens with two attached hydrogens (primary N) is 1. The van der Waals surface area contributed by atoms with E-state index in [4.69, 9.17) is 5.84 Å². The Balaban J connectivity index is 2.17. The van der Waals surface area contributed by atoms with E-state index in [1.807, 2.05) is 12.1 Å². The van der Waals surface area contributed by atoms with Gasteiger partial charge in [0.15, 0.2) is 0 Å². The lowest BCUT2D eigenvalue weighted by molar-refractivity contribution is -0.175. The maximum absolute atomic E-state index is 12.1. The molecule has 0 radical (unpaired) electrons. The summed E-state index contributed by atoms with van der Waals surface area (Å²) >= 11 is 0. The van der Waals surface area contributed by atoms with E-state index in [2.05, 4.69) is 15.1 Å². The molecule has 3 N–H and O–H groups in total. The van der Waals surface area contributed by atoms with Gasteiger partial charge in [-0.15, -0.1) is 0 Å². The molecule has 0 aliphatic heterocycles. The third kappa shape index (κ3) is 3.66. The average Bonchev–Trinajstić information content (AvgIpc) is 2.42. The van der Waals surface area contributed by atoms with Crippen LogP contribution in [0.25, 0.3) is 10.9 Å². The summed E-state index contributed by atoms with van der Waals surface area (Å²) in [6.45, 7) is -1.47. The van der Waals surface area contributed by atoms with Gasteiger partial charge in [-0.05, 0) is 17.7 Å². The summed E-state index contributed by atoms with van der Waals surface area (Å²) in [7, 11) is 0. The zero-order valence-corrected chi connectivity index (χ0v) is 10.5. The lowest BCUT2D eigenvalue weighted by atomic mass is 10.0. The van der Waals surface area contributed by atoms with Gasteiger partial charge >= 0.3 is 6.18 Å². The minimum Gasteiger partial charge on any atom is -0.370 e. The smallest absolute Gasteiger partial charge is 0.370 e. The van der Waals surface area contributed by atoms with Gasteiger partial charge in [-0.25, -0.2) is 0 Å². The van der Waals surface area contributed by atoms with E-state index in [0.29, 0.717) is 0 Å². The molecule has 0 aliphatic carbocycles. The van der Waals surface area contributed by atoms with E-state index >= 15 is 0 Å². The zero-order valence-electron chi connectivity index (χ0n) is 10.5. The molecule has 0 amide bonds. The summed E-state index contributed by atoms with van der Waals surface area (Å²) in [5.74, 6) is 5.41. The molecular formula is C13H14F3N3O. The lowest BCUT2D eigenvalue weighted by Crippen LogP contribution is -2.32. The Morgan fingerprint density at radius 1 is 1.25 bits per heavy atom. The molecule has 0 saturated carbocycles. The monoisotopic (exact) mass is 285 g/mol. The Bertz CT molecular complexity index is 569. The molecule has 2 aromatic rings. The van der Waals surface area contributed by atoms with E-state index in [1.165, 1.54) is 0 Å². The molecule has 2 rings (SSSR count). The largest absolute Gasteiger partial charge is 0.411 e. The van der Waals surface area contributed by atoms with Crippen molar-refractivity contribution < 1.29 is 17.9 Å². The standard InChI is InChI=1S/C13H14F3N3O/c14-13(15,16)8-20-7-12(19-17)10-3-1-5-11-9(10)4-2-6-18-11/h1-6,12,19H,7-8,17H2. The summed E-state index contributed by atoms with van der Waals surface area (Å²) in [5, 5.41) is 0.827. The van der Waals surface area contributed by atoms with Crippen LogP contribution in [0.5, 0.6) is 0 Å². The molecular weight excluding hydrogens is 271 g/mol. The van der Waals surface area contributed by atoms with Crippen LogP contribution >= 0.6 is 0 Å². The fourth-order valence-electron chi connectivity index (χ4n) is 1.95. The van der Waals surface area contributed by atoms with E-state index in [1.54, 1.807) is 24.4 Å². The van der Waals surface area contributed by atoms with E-state index in [0.717, 1.165) is 16.5 Å². The van der Waals surface area contributed by atoms with Crippen LogP contribution < -0.4 is 11.3 Å². The predicted octanol–water partition coefficient (Wildman–Crippen LogP) is 2.32. The highest BCUT2D eigenvalue weighted by Gasteiger charge is 2.28. The van der Waals surface area contributed by atoms with Crippen LogP contribution in [0.2, 0.25) is 0 Å². The first kappa shape index (κ1) is 14.7. The second kappa shape index (κ2) is 6.17. The van der Waals surface area contributed by atoms with Crippen molar-refractivity contribution in [1.82, 2.24) is 10.4 Å². The number of fused-ring (bicyclic) bond motifs is 1. The van der Waals surface area contributed by atoms with Crippen LogP contribution in [-0.2, 0) is 4.74 Å². The maximum Gasteiger partial charge on any atom is 0.411 e. The third-order valence-electron chi connectivity index (χ3n) is 2.81. The van der Waals surface area contributed by atoms with Gasteiger partial charge in [0.25, 0.3) is 0 Å². The molecule has 4 nitrogen and oxygen atoms in total. The third-order valence-corrected chi connectivity index (χ3v) is 2.81. The van der Waals surface area contributed by atoms with Gasteiger partial charge in [0.1, 0.15) is 6.61 Å². The first-order valence-corrected chi connectivity index (χ1v) is 5.95. The van der Waals surface area contributed by atoms with E-state index in [-0.39, 0.29) is 6.61 Å². The lowest BCUT2D eigenvalue weighted by Gasteiger charge is -2.18. The van der Waals surface area contributed by atoms with Crippen molar-refractivity contribution in [2.24, 2.45) is 5.84 Å². The number of nitrogens with zero attached hydrogens (tertiary/aromatic N) is 1. The number of halogens is 3. The molecule has 1 atom stereocenters. The van der Waals surface area contributed by atoms with Crippen molar-refractivity contribution in [1.29, 1.82) is 0 Å². The normalized spacial score (nSPS) is 13.6. The second-order valence-electron chi connectivity index (χ2n) is 4.27. The Morgan fingerprint density at radius 3 is 2.75 bits per heavy atom. The molecule has 7 heteroatoms. The summed E-state index contributed by atoms with van der Waals surface area (Å²) in [5.41, 5.74) is 3.98. The first-order valence-electron chi connectivity index (χ1n) is 5.95. The van der Waals surface area contributed by atoms with Crippen molar-refractivity contribution in [3.05, 3.63) is 42.1 Å².